The molecule has 2 N–H and O–H groups in total. The standard InChI is InChI=1S/C21H27N5OSe/c1-21(2,3)27-11-14-9-16(17(10-14)28-15-7-5-4-6-8-15)26-13-25-18-19(22)23-12-24-20(18)26/h4-8,12-14,16-17H,9-11H2,1-3H3,(H2,22,23,24)/t14-,16+,17?/m0/s1. The average Bonchev–Trinajstić information content (AvgIpc) is 3.25. The minimum atomic E-state index is -0.110. The Morgan fingerprint density at radius 1 is 1.14 bits per heavy atom. The van der Waals surface area contributed by atoms with Crippen LogP contribution in [0.4, 0.5) is 5.82 Å². The molecule has 0 radical (unpaired) electrons. The van der Waals surface area contributed by atoms with E-state index >= 15 is 0 Å². The molecular weight excluding hydrogens is 417 g/mol. The van der Waals surface area contributed by atoms with Gasteiger partial charge in [-0.25, -0.2) is 0 Å². The Balaban J connectivity index is 1.62. The van der Waals surface area contributed by atoms with E-state index in [2.05, 4.69) is 70.6 Å². The monoisotopic (exact) mass is 445 g/mol. The molecule has 1 aliphatic rings. The Labute approximate surface area is 172 Å². The number of aromatic nitrogens is 4. The molecule has 4 rings (SSSR count). The van der Waals surface area contributed by atoms with Gasteiger partial charge in [0.05, 0.1) is 0 Å². The van der Waals surface area contributed by atoms with Crippen LogP contribution in [-0.2, 0) is 4.74 Å². The van der Waals surface area contributed by atoms with E-state index in [0.717, 1.165) is 25.1 Å². The summed E-state index contributed by atoms with van der Waals surface area (Å²) in [5, 5.41) is 0. The van der Waals surface area contributed by atoms with Crippen molar-refractivity contribution in [3.8, 4) is 0 Å². The van der Waals surface area contributed by atoms with Crippen molar-refractivity contribution in [2.24, 2.45) is 5.92 Å². The van der Waals surface area contributed by atoms with Gasteiger partial charge in [0.15, 0.2) is 0 Å². The van der Waals surface area contributed by atoms with E-state index < -0.39 is 0 Å². The fourth-order valence-corrected chi connectivity index (χ4v) is 6.79. The zero-order valence-corrected chi connectivity index (χ0v) is 18.3. The first-order chi connectivity index (χ1) is 13.4. The molecule has 7 heteroatoms. The molecule has 1 unspecified atom stereocenters. The summed E-state index contributed by atoms with van der Waals surface area (Å²) >= 11 is 0.373. The van der Waals surface area contributed by atoms with Crippen molar-refractivity contribution in [3.05, 3.63) is 43.0 Å². The number of imidazole rings is 1. The van der Waals surface area contributed by atoms with Crippen molar-refractivity contribution in [2.45, 2.75) is 50.1 Å². The van der Waals surface area contributed by atoms with Gasteiger partial charge in [-0.05, 0) is 0 Å². The third-order valence-corrected chi connectivity index (χ3v) is 7.94. The van der Waals surface area contributed by atoms with Gasteiger partial charge >= 0.3 is 172 Å². The van der Waals surface area contributed by atoms with Gasteiger partial charge < -0.3 is 0 Å². The Hall–Kier alpha value is -1.95. The van der Waals surface area contributed by atoms with Gasteiger partial charge in [-0.3, -0.25) is 0 Å². The molecule has 0 saturated heterocycles. The third kappa shape index (κ3) is 4.22. The SMILES string of the molecule is CC(C)(C)OC[C@@H]1CC([Se]c2ccccc2)[C@H](n2cnc3c(N)ncnc32)C1. The predicted molar refractivity (Wildman–Crippen MR) is 113 cm³/mol. The number of ether oxygens (including phenoxy) is 1. The molecule has 2 aromatic heterocycles. The van der Waals surface area contributed by atoms with Crippen LogP contribution in [-0.4, -0.2) is 46.7 Å². The zero-order valence-electron chi connectivity index (χ0n) is 16.6. The quantitative estimate of drug-likeness (QED) is 0.612. The van der Waals surface area contributed by atoms with Crippen LogP contribution in [0.5, 0.6) is 0 Å². The van der Waals surface area contributed by atoms with E-state index in [0.29, 0.717) is 43.1 Å². The molecule has 28 heavy (non-hydrogen) atoms. The summed E-state index contributed by atoms with van der Waals surface area (Å²) in [6.45, 7) is 7.15. The first-order valence-corrected chi connectivity index (χ1v) is 11.5. The third-order valence-electron chi connectivity index (χ3n) is 5.10. The van der Waals surface area contributed by atoms with Crippen molar-refractivity contribution in [1.29, 1.82) is 0 Å². The molecule has 0 bridgehead atoms. The van der Waals surface area contributed by atoms with E-state index in [1.807, 2.05) is 6.33 Å². The Morgan fingerprint density at radius 2 is 1.93 bits per heavy atom. The summed E-state index contributed by atoms with van der Waals surface area (Å²) in [6, 6.07) is 11.2. The first kappa shape index (κ1) is 19.4. The summed E-state index contributed by atoms with van der Waals surface area (Å²) in [7, 11) is 0. The second-order valence-electron chi connectivity index (χ2n) is 8.38. The van der Waals surface area contributed by atoms with E-state index in [1.54, 1.807) is 0 Å². The van der Waals surface area contributed by atoms with Crippen LogP contribution in [0.3, 0.4) is 0 Å². The number of benzene rings is 1. The van der Waals surface area contributed by atoms with Crippen LogP contribution in [0.1, 0.15) is 39.7 Å². The second kappa shape index (κ2) is 7.82. The van der Waals surface area contributed by atoms with E-state index in [4.69, 9.17) is 10.5 Å². The molecular formula is C21H27N5OSe. The van der Waals surface area contributed by atoms with Crippen LogP contribution in [0.25, 0.3) is 11.2 Å². The maximum atomic E-state index is 6.12. The van der Waals surface area contributed by atoms with Crippen LogP contribution in [0, 0.1) is 5.92 Å². The minimum absolute atomic E-state index is 0.110. The van der Waals surface area contributed by atoms with Crippen molar-refractivity contribution in [1.82, 2.24) is 19.5 Å². The van der Waals surface area contributed by atoms with Gasteiger partial charge in [0, 0.05) is 0 Å². The molecule has 1 saturated carbocycles. The number of rotatable bonds is 5. The summed E-state index contributed by atoms with van der Waals surface area (Å²) in [5.74, 6) is 0.982. The van der Waals surface area contributed by atoms with E-state index in [1.165, 1.54) is 10.8 Å². The summed E-state index contributed by atoms with van der Waals surface area (Å²) in [6.07, 6.45) is 5.66. The number of nitrogens with zero attached hydrogens (tertiary/aromatic N) is 4. The molecule has 1 aromatic carbocycles. The molecule has 3 aromatic rings. The van der Waals surface area contributed by atoms with Crippen LogP contribution >= 0.6 is 0 Å². The van der Waals surface area contributed by atoms with Gasteiger partial charge in [-0.15, -0.1) is 0 Å². The molecule has 1 fully saturated rings. The summed E-state index contributed by atoms with van der Waals surface area (Å²) in [4.78, 5) is 13.6. The first-order valence-electron chi connectivity index (χ1n) is 9.69. The Kier molecular flexibility index (Phi) is 5.41. The molecule has 0 aliphatic heterocycles. The van der Waals surface area contributed by atoms with Gasteiger partial charge in [-0.1, -0.05) is 0 Å². The molecule has 3 atom stereocenters. The van der Waals surface area contributed by atoms with Crippen LogP contribution < -0.4 is 10.2 Å². The second-order valence-corrected chi connectivity index (χ2v) is 11.1. The fraction of sp³-hybridized carbons (Fsp3) is 0.476. The summed E-state index contributed by atoms with van der Waals surface area (Å²) in [5.41, 5.74) is 7.43. The number of nitrogen functional groups attached to an aromatic ring is 1. The van der Waals surface area contributed by atoms with Gasteiger partial charge in [0.2, 0.25) is 0 Å². The van der Waals surface area contributed by atoms with E-state index in [-0.39, 0.29) is 5.60 Å². The van der Waals surface area contributed by atoms with E-state index in [9.17, 15) is 0 Å². The topological polar surface area (TPSA) is 78.9 Å². The van der Waals surface area contributed by atoms with Crippen molar-refractivity contribution in [3.63, 3.8) is 0 Å². The molecule has 148 valence electrons. The molecule has 2 heterocycles. The Bertz CT molecular complexity index is 937. The van der Waals surface area contributed by atoms with Gasteiger partial charge in [0.25, 0.3) is 0 Å². The maximum absolute atomic E-state index is 6.12. The fourth-order valence-electron chi connectivity index (χ4n) is 3.79. The Morgan fingerprint density at radius 3 is 2.68 bits per heavy atom. The normalized spacial score (nSPS) is 22.8. The number of nitrogens with two attached hydrogens (primary N) is 1. The van der Waals surface area contributed by atoms with Crippen LogP contribution in [0.15, 0.2) is 43.0 Å². The van der Waals surface area contributed by atoms with Crippen molar-refractivity contribution >= 4 is 36.4 Å². The molecule has 1 aliphatic carbocycles. The van der Waals surface area contributed by atoms with Crippen molar-refractivity contribution in [2.75, 3.05) is 12.3 Å². The zero-order chi connectivity index (χ0) is 19.7. The van der Waals surface area contributed by atoms with Crippen molar-refractivity contribution < 1.29 is 4.74 Å². The molecule has 0 spiro atoms. The number of hydrogen-bond donors (Lipinski definition) is 1. The van der Waals surface area contributed by atoms with Crippen LogP contribution in [0.2, 0.25) is 4.82 Å². The summed E-state index contributed by atoms with van der Waals surface area (Å²) < 4.78 is 9.77. The molecule has 0 amide bonds. The molecule has 6 nitrogen and oxygen atoms in total. The number of hydrogen-bond acceptors (Lipinski definition) is 5. The number of anilines is 1. The van der Waals surface area contributed by atoms with Gasteiger partial charge in [0.1, 0.15) is 0 Å². The van der Waals surface area contributed by atoms with Gasteiger partial charge in [-0.2, -0.15) is 0 Å². The average molecular weight is 444 g/mol. The predicted octanol–water partition coefficient (Wildman–Crippen LogP) is 2.99. The number of fused-ring (bicyclic) bond motifs is 1.